The molecule has 0 aliphatic heterocycles. The number of anilines is 1. The number of nitrogens with zero attached hydrogens (tertiary/aromatic N) is 4. The van der Waals surface area contributed by atoms with Crippen molar-refractivity contribution >= 4 is 23.0 Å². The predicted octanol–water partition coefficient (Wildman–Crippen LogP) is 5.61. The summed E-state index contributed by atoms with van der Waals surface area (Å²) in [4.78, 5) is 8.96. The quantitative estimate of drug-likeness (QED) is 0.130. The molecular formula is C28H27N7. The number of hydrogen-bond donors (Lipinski definition) is 3. The summed E-state index contributed by atoms with van der Waals surface area (Å²) in [5.74, 6) is 0.921. The van der Waals surface area contributed by atoms with Crippen molar-refractivity contribution in [3.8, 4) is 0 Å². The molecule has 174 valence electrons. The third kappa shape index (κ3) is 7.10. The molecule has 0 saturated heterocycles. The molecule has 0 saturated carbocycles. The highest BCUT2D eigenvalue weighted by Crippen LogP contribution is 2.17. The van der Waals surface area contributed by atoms with E-state index in [2.05, 4.69) is 25.7 Å². The van der Waals surface area contributed by atoms with Gasteiger partial charge in [-0.1, -0.05) is 90.2 Å². The molecule has 0 fully saturated rings. The maximum atomic E-state index is 6.18. The number of benzene rings is 4. The van der Waals surface area contributed by atoms with Crippen LogP contribution in [0.4, 0.5) is 11.4 Å². The molecule has 7 heteroatoms. The Morgan fingerprint density at radius 2 is 1.14 bits per heavy atom. The van der Waals surface area contributed by atoms with Gasteiger partial charge in [0.2, 0.25) is 0 Å². The van der Waals surface area contributed by atoms with E-state index < -0.39 is 0 Å². The highest BCUT2D eigenvalue weighted by atomic mass is 15.4. The Labute approximate surface area is 204 Å². The number of amidine groups is 2. The van der Waals surface area contributed by atoms with Gasteiger partial charge in [-0.2, -0.15) is 0 Å². The van der Waals surface area contributed by atoms with Crippen molar-refractivity contribution in [1.82, 2.24) is 0 Å². The Morgan fingerprint density at radius 3 is 1.74 bits per heavy atom. The lowest BCUT2D eigenvalue weighted by molar-refractivity contribution is 1.06. The van der Waals surface area contributed by atoms with E-state index >= 15 is 0 Å². The third-order valence-corrected chi connectivity index (χ3v) is 5.19. The molecule has 0 radical (unpaired) electrons. The van der Waals surface area contributed by atoms with Crippen LogP contribution in [-0.2, 0) is 13.1 Å². The number of nitrogens with two attached hydrogens (primary N) is 2. The Bertz CT molecular complexity index is 1330. The van der Waals surface area contributed by atoms with Crippen molar-refractivity contribution in [3.63, 3.8) is 0 Å². The van der Waals surface area contributed by atoms with Gasteiger partial charge in [-0.25, -0.2) is 0 Å². The Morgan fingerprint density at radius 1 is 0.600 bits per heavy atom. The Balaban J connectivity index is 1.38. The van der Waals surface area contributed by atoms with Gasteiger partial charge < -0.3 is 11.5 Å². The van der Waals surface area contributed by atoms with Gasteiger partial charge in [0, 0.05) is 11.1 Å². The molecule has 0 aromatic heterocycles. The summed E-state index contributed by atoms with van der Waals surface area (Å²) in [6.07, 6.45) is 0. The highest BCUT2D eigenvalue weighted by Gasteiger charge is 2.02. The molecular weight excluding hydrogens is 434 g/mol. The molecule has 4 aromatic rings. The van der Waals surface area contributed by atoms with Gasteiger partial charge in [-0.05, 0) is 35.4 Å². The average Bonchev–Trinajstić information content (AvgIpc) is 2.92. The minimum absolute atomic E-state index is 0.455. The molecule has 0 heterocycles. The van der Waals surface area contributed by atoms with E-state index in [1.165, 1.54) is 0 Å². The van der Waals surface area contributed by atoms with Crippen molar-refractivity contribution in [1.29, 1.82) is 0 Å². The molecule has 4 aromatic carbocycles. The van der Waals surface area contributed by atoms with Crippen LogP contribution in [0.3, 0.4) is 0 Å². The first-order valence-corrected chi connectivity index (χ1v) is 11.2. The molecule has 0 atom stereocenters. The van der Waals surface area contributed by atoms with E-state index in [-0.39, 0.29) is 0 Å². The van der Waals surface area contributed by atoms with Crippen molar-refractivity contribution in [2.24, 2.45) is 31.8 Å². The van der Waals surface area contributed by atoms with Crippen molar-refractivity contribution in [2.45, 2.75) is 13.1 Å². The largest absolute Gasteiger partial charge is 0.383 e. The minimum atomic E-state index is 0.455. The van der Waals surface area contributed by atoms with Crippen LogP contribution < -0.4 is 16.9 Å². The van der Waals surface area contributed by atoms with Crippen LogP contribution in [0.15, 0.2) is 130 Å². The van der Waals surface area contributed by atoms with Crippen LogP contribution in [0.5, 0.6) is 0 Å². The fourth-order valence-electron chi connectivity index (χ4n) is 3.32. The zero-order valence-corrected chi connectivity index (χ0v) is 19.3. The second-order valence-corrected chi connectivity index (χ2v) is 7.82. The molecule has 0 spiro atoms. The zero-order valence-electron chi connectivity index (χ0n) is 19.3. The van der Waals surface area contributed by atoms with Gasteiger partial charge in [0.1, 0.15) is 11.7 Å². The van der Waals surface area contributed by atoms with Crippen molar-refractivity contribution in [3.05, 3.63) is 131 Å². The number of nitrogens with one attached hydrogen (secondary N) is 1. The van der Waals surface area contributed by atoms with Crippen LogP contribution in [0.2, 0.25) is 0 Å². The fourth-order valence-corrected chi connectivity index (χ4v) is 3.32. The zero-order chi connectivity index (χ0) is 24.3. The van der Waals surface area contributed by atoms with E-state index in [4.69, 9.17) is 11.5 Å². The first-order chi connectivity index (χ1) is 17.2. The van der Waals surface area contributed by atoms with E-state index in [1.54, 1.807) is 0 Å². The summed E-state index contributed by atoms with van der Waals surface area (Å²) in [6, 6.07) is 35.0. The summed E-state index contributed by atoms with van der Waals surface area (Å²) in [5, 5.41) is 8.37. The second kappa shape index (κ2) is 11.9. The predicted molar refractivity (Wildman–Crippen MR) is 143 cm³/mol. The molecule has 0 amide bonds. The third-order valence-electron chi connectivity index (χ3n) is 5.19. The highest BCUT2D eigenvalue weighted by molar-refractivity contribution is 5.98. The fraction of sp³-hybridized carbons (Fsp3) is 0.0714. The molecule has 35 heavy (non-hydrogen) atoms. The SMILES string of the molecule is NC(=NCc1ccccc1)c1cccc(N=NNc2cccc(C(N)=NCc3ccccc3)c2)c1. The minimum Gasteiger partial charge on any atom is -0.383 e. The lowest BCUT2D eigenvalue weighted by Crippen LogP contribution is -2.13. The number of rotatable bonds is 9. The molecule has 0 aliphatic rings. The first-order valence-electron chi connectivity index (χ1n) is 11.2. The summed E-state index contributed by atoms with van der Waals surface area (Å²) in [6.45, 7) is 1.05. The van der Waals surface area contributed by atoms with E-state index in [1.807, 2.05) is 109 Å². The molecule has 0 aliphatic carbocycles. The van der Waals surface area contributed by atoms with Gasteiger partial charge in [0.15, 0.2) is 0 Å². The van der Waals surface area contributed by atoms with Crippen molar-refractivity contribution < 1.29 is 0 Å². The first kappa shape index (κ1) is 23.4. The second-order valence-electron chi connectivity index (χ2n) is 7.82. The van der Waals surface area contributed by atoms with Crippen molar-refractivity contribution in [2.75, 3.05) is 5.43 Å². The Kier molecular flexibility index (Phi) is 7.95. The summed E-state index contributed by atoms with van der Waals surface area (Å²) in [5.41, 5.74) is 20.5. The van der Waals surface area contributed by atoms with Gasteiger partial charge in [0.25, 0.3) is 0 Å². The molecule has 7 nitrogen and oxygen atoms in total. The van der Waals surface area contributed by atoms with Crippen LogP contribution >= 0.6 is 0 Å². The standard InChI is InChI=1S/C28H27N7/c29-27(31-19-21-9-3-1-4-10-21)23-13-7-15-25(17-23)33-35-34-26-16-8-14-24(18-26)28(30)32-20-22-11-5-2-6-12-22/h1-18H,19-20H2,(H2,29,31)(H2,30,32)(H,33,34). The summed E-state index contributed by atoms with van der Waals surface area (Å²) in [7, 11) is 0. The molecule has 4 rings (SSSR count). The lowest BCUT2D eigenvalue weighted by Gasteiger charge is -2.05. The van der Waals surface area contributed by atoms with E-state index in [0.29, 0.717) is 30.4 Å². The maximum absolute atomic E-state index is 6.18. The maximum Gasteiger partial charge on any atom is 0.126 e. The average molecular weight is 462 g/mol. The molecule has 0 bridgehead atoms. The Hall–Kier alpha value is -4.78. The van der Waals surface area contributed by atoms with E-state index in [0.717, 1.165) is 27.9 Å². The van der Waals surface area contributed by atoms with Gasteiger partial charge in [-0.15, -0.1) is 5.11 Å². The topological polar surface area (TPSA) is 114 Å². The lowest BCUT2D eigenvalue weighted by atomic mass is 10.2. The van der Waals surface area contributed by atoms with Crippen LogP contribution in [0.1, 0.15) is 22.3 Å². The number of aliphatic imine (C=N–C) groups is 2. The monoisotopic (exact) mass is 461 g/mol. The van der Waals surface area contributed by atoms with Gasteiger partial charge >= 0.3 is 0 Å². The summed E-state index contributed by atoms with van der Waals surface area (Å²) >= 11 is 0. The number of hydrogen-bond acceptors (Lipinski definition) is 4. The van der Waals surface area contributed by atoms with Gasteiger partial charge in [-0.3, -0.25) is 15.4 Å². The molecule has 0 unspecified atom stereocenters. The summed E-state index contributed by atoms with van der Waals surface area (Å²) < 4.78 is 0. The normalized spacial score (nSPS) is 12.1. The van der Waals surface area contributed by atoms with E-state index in [9.17, 15) is 0 Å². The van der Waals surface area contributed by atoms with Crippen LogP contribution in [-0.4, -0.2) is 11.7 Å². The van der Waals surface area contributed by atoms with Crippen LogP contribution in [0, 0.1) is 0 Å². The van der Waals surface area contributed by atoms with Gasteiger partial charge in [0.05, 0.1) is 24.5 Å². The van der Waals surface area contributed by atoms with Crippen LogP contribution in [0.25, 0.3) is 0 Å². The molecule has 5 N–H and O–H groups in total. The smallest absolute Gasteiger partial charge is 0.126 e.